The zero-order valence-corrected chi connectivity index (χ0v) is 10.9. The highest BCUT2D eigenvalue weighted by atomic mass is 15.2. The molecule has 0 radical (unpaired) electrons. The molecule has 1 heterocycles. The van der Waals surface area contributed by atoms with Crippen LogP contribution in [0.25, 0.3) is 0 Å². The second kappa shape index (κ2) is 5.48. The highest BCUT2D eigenvalue weighted by molar-refractivity contribution is 4.87. The molecule has 0 spiro atoms. The minimum atomic E-state index is 0.457. The molecule has 0 aromatic rings. The number of nitrogens with two attached hydrogens (primary N) is 1. The van der Waals surface area contributed by atoms with Crippen LogP contribution in [0.4, 0.5) is 0 Å². The van der Waals surface area contributed by atoms with Gasteiger partial charge in [0.25, 0.3) is 0 Å². The van der Waals surface area contributed by atoms with Gasteiger partial charge in [0.05, 0.1) is 0 Å². The van der Waals surface area contributed by atoms with Gasteiger partial charge in [-0.1, -0.05) is 6.42 Å². The van der Waals surface area contributed by atoms with E-state index in [1.54, 1.807) is 0 Å². The fourth-order valence-corrected chi connectivity index (χ4v) is 3.27. The standard InChI is InChI=1S/C13H27N3/c1-15(2)13-7-4-8-16(10-13)12-6-3-5-11(14)9-12/h11-13H,3-10,14H2,1-2H3. The Labute approximate surface area is 100.0 Å². The van der Waals surface area contributed by atoms with Gasteiger partial charge >= 0.3 is 0 Å². The molecule has 0 amide bonds. The van der Waals surface area contributed by atoms with Gasteiger partial charge in [-0.15, -0.1) is 0 Å². The molecule has 3 nitrogen and oxygen atoms in total. The molecule has 3 heteroatoms. The van der Waals surface area contributed by atoms with Gasteiger partial charge in [-0.05, 0) is 52.7 Å². The predicted molar refractivity (Wildman–Crippen MR) is 68.5 cm³/mol. The zero-order chi connectivity index (χ0) is 11.5. The summed E-state index contributed by atoms with van der Waals surface area (Å²) in [5.41, 5.74) is 6.09. The normalized spacial score (nSPS) is 37.9. The van der Waals surface area contributed by atoms with Gasteiger partial charge in [-0.25, -0.2) is 0 Å². The number of likely N-dealkylation sites (N-methyl/N-ethyl adjacent to an activating group) is 1. The Morgan fingerprint density at radius 1 is 1.12 bits per heavy atom. The molecule has 2 fully saturated rings. The lowest BCUT2D eigenvalue weighted by atomic mass is 9.89. The van der Waals surface area contributed by atoms with Crippen LogP contribution >= 0.6 is 0 Å². The van der Waals surface area contributed by atoms with E-state index in [1.165, 1.54) is 51.6 Å². The summed E-state index contributed by atoms with van der Waals surface area (Å²) in [7, 11) is 4.42. The lowest BCUT2D eigenvalue weighted by molar-refractivity contribution is 0.0747. The van der Waals surface area contributed by atoms with E-state index in [1.807, 2.05) is 0 Å². The molecule has 1 saturated heterocycles. The largest absolute Gasteiger partial charge is 0.328 e. The van der Waals surface area contributed by atoms with Crippen LogP contribution in [0.15, 0.2) is 0 Å². The third-order valence-corrected chi connectivity index (χ3v) is 4.36. The molecule has 16 heavy (non-hydrogen) atoms. The maximum absolute atomic E-state index is 6.09. The first-order chi connectivity index (χ1) is 7.66. The second-order valence-electron chi connectivity index (χ2n) is 5.84. The van der Waals surface area contributed by atoms with Crippen molar-refractivity contribution in [3.63, 3.8) is 0 Å². The molecule has 0 aromatic heterocycles. The van der Waals surface area contributed by atoms with E-state index < -0.39 is 0 Å². The Bertz CT molecular complexity index is 217. The quantitative estimate of drug-likeness (QED) is 0.768. The number of piperidine rings is 1. The minimum Gasteiger partial charge on any atom is -0.328 e. The van der Waals surface area contributed by atoms with Crippen molar-refractivity contribution in [1.29, 1.82) is 0 Å². The Balaban J connectivity index is 1.88. The average molecular weight is 225 g/mol. The van der Waals surface area contributed by atoms with Crippen LogP contribution in [0, 0.1) is 0 Å². The zero-order valence-electron chi connectivity index (χ0n) is 10.9. The van der Waals surface area contributed by atoms with Crippen LogP contribution in [0.1, 0.15) is 38.5 Å². The van der Waals surface area contributed by atoms with Crippen LogP contribution in [0.5, 0.6) is 0 Å². The van der Waals surface area contributed by atoms with E-state index in [-0.39, 0.29) is 0 Å². The van der Waals surface area contributed by atoms with Gasteiger partial charge in [0.15, 0.2) is 0 Å². The van der Waals surface area contributed by atoms with E-state index in [2.05, 4.69) is 23.9 Å². The van der Waals surface area contributed by atoms with E-state index in [0.717, 1.165) is 12.1 Å². The molecule has 94 valence electrons. The Morgan fingerprint density at radius 2 is 1.94 bits per heavy atom. The smallest absolute Gasteiger partial charge is 0.0217 e. The fraction of sp³-hybridized carbons (Fsp3) is 1.00. The highest BCUT2D eigenvalue weighted by Crippen LogP contribution is 2.25. The topological polar surface area (TPSA) is 32.5 Å². The maximum atomic E-state index is 6.09. The number of likely N-dealkylation sites (tertiary alicyclic amines) is 1. The third-order valence-electron chi connectivity index (χ3n) is 4.36. The Kier molecular flexibility index (Phi) is 4.22. The van der Waals surface area contributed by atoms with Crippen molar-refractivity contribution in [2.75, 3.05) is 27.2 Å². The van der Waals surface area contributed by atoms with Crippen molar-refractivity contribution >= 4 is 0 Å². The molecule has 1 saturated carbocycles. The molecule has 1 aliphatic heterocycles. The molecule has 2 aliphatic rings. The van der Waals surface area contributed by atoms with Gasteiger partial charge in [0.2, 0.25) is 0 Å². The first-order valence-corrected chi connectivity index (χ1v) is 6.83. The molecular weight excluding hydrogens is 198 g/mol. The van der Waals surface area contributed by atoms with Gasteiger partial charge in [-0.3, -0.25) is 4.90 Å². The summed E-state index contributed by atoms with van der Waals surface area (Å²) in [4.78, 5) is 5.09. The Morgan fingerprint density at radius 3 is 2.62 bits per heavy atom. The third kappa shape index (κ3) is 2.96. The molecule has 3 unspecified atom stereocenters. The van der Waals surface area contributed by atoms with Crippen LogP contribution in [0.3, 0.4) is 0 Å². The van der Waals surface area contributed by atoms with Crippen LogP contribution < -0.4 is 5.73 Å². The molecule has 2 rings (SSSR count). The number of hydrogen-bond acceptors (Lipinski definition) is 3. The highest BCUT2D eigenvalue weighted by Gasteiger charge is 2.29. The van der Waals surface area contributed by atoms with Gasteiger partial charge in [-0.2, -0.15) is 0 Å². The summed E-state index contributed by atoms with van der Waals surface area (Å²) in [6.45, 7) is 2.55. The van der Waals surface area contributed by atoms with Crippen molar-refractivity contribution in [1.82, 2.24) is 9.80 Å². The molecule has 0 bridgehead atoms. The van der Waals surface area contributed by atoms with Gasteiger partial charge in [0.1, 0.15) is 0 Å². The number of nitrogens with zero attached hydrogens (tertiary/aromatic N) is 2. The summed E-state index contributed by atoms with van der Waals surface area (Å²) in [5.74, 6) is 0. The first kappa shape index (κ1) is 12.3. The lowest BCUT2D eigenvalue weighted by Gasteiger charge is -2.42. The van der Waals surface area contributed by atoms with Crippen LogP contribution in [-0.2, 0) is 0 Å². The monoisotopic (exact) mass is 225 g/mol. The molecule has 3 atom stereocenters. The summed E-state index contributed by atoms with van der Waals surface area (Å²) in [5, 5.41) is 0. The van der Waals surface area contributed by atoms with E-state index in [9.17, 15) is 0 Å². The van der Waals surface area contributed by atoms with E-state index in [4.69, 9.17) is 5.73 Å². The van der Waals surface area contributed by atoms with Crippen molar-refractivity contribution in [3.8, 4) is 0 Å². The van der Waals surface area contributed by atoms with Gasteiger partial charge < -0.3 is 10.6 Å². The molecule has 2 N–H and O–H groups in total. The average Bonchev–Trinajstić information content (AvgIpc) is 2.29. The lowest BCUT2D eigenvalue weighted by Crippen LogP contribution is -2.51. The van der Waals surface area contributed by atoms with E-state index in [0.29, 0.717) is 6.04 Å². The number of rotatable bonds is 2. The second-order valence-corrected chi connectivity index (χ2v) is 5.84. The predicted octanol–water partition coefficient (Wildman–Crippen LogP) is 1.28. The van der Waals surface area contributed by atoms with Crippen molar-refractivity contribution in [2.24, 2.45) is 5.73 Å². The summed E-state index contributed by atoms with van der Waals surface area (Å²) < 4.78 is 0. The SMILES string of the molecule is CN(C)C1CCCN(C2CCCC(N)C2)C1. The summed E-state index contributed by atoms with van der Waals surface area (Å²) in [6.07, 6.45) is 7.88. The van der Waals surface area contributed by atoms with Crippen molar-refractivity contribution in [2.45, 2.75) is 56.7 Å². The van der Waals surface area contributed by atoms with E-state index >= 15 is 0 Å². The molecular formula is C13H27N3. The summed E-state index contributed by atoms with van der Waals surface area (Å²) in [6, 6.07) is 1.98. The molecule has 0 aromatic carbocycles. The van der Waals surface area contributed by atoms with Crippen LogP contribution in [-0.4, -0.2) is 55.1 Å². The molecule has 1 aliphatic carbocycles. The maximum Gasteiger partial charge on any atom is 0.0217 e. The number of hydrogen-bond donors (Lipinski definition) is 1. The fourth-order valence-electron chi connectivity index (χ4n) is 3.27. The van der Waals surface area contributed by atoms with Crippen molar-refractivity contribution in [3.05, 3.63) is 0 Å². The van der Waals surface area contributed by atoms with Gasteiger partial charge in [0, 0.05) is 24.7 Å². The van der Waals surface area contributed by atoms with Crippen LogP contribution in [0.2, 0.25) is 0 Å². The summed E-state index contributed by atoms with van der Waals surface area (Å²) >= 11 is 0. The Hall–Kier alpha value is -0.120. The van der Waals surface area contributed by atoms with Crippen molar-refractivity contribution < 1.29 is 0 Å². The first-order valence-electron chi connectivity index (χ1n) is 6.83. The minimum absolute atomic E-state index is 0.457.